The zero-order chi connectivity index (χ0) is 14.0. The van der Waals surface area contributed by atoms with Crippen LogP contribution in [0.2, 0.25) is 0 Å². The van der Waals surface area contributed by atoms with Gasteiger partial charge in [0.2, 0.25) is 5.91 Å². The lowest BCUT2D eigenvalue weighted by Crippen LogP contribution is -2.25. The minimum absolute atomic E-state index is 0.0761. The molecule has 102 valence electrons. The number of alkyl halides is 1. The van der Waals surface area contributed by atoms with Crippen molar-refractivity contribution in [1.82, 2.24) is 0 Å². The van der Waals surface area contributed by atoms with Crippen molar-refractivity contribution >= 4 is 49.4 Å². The highest BCUT2D eigenvalue weighted by Crippen LogP contribution is 2.33. The summed E-state index contributed by atoms with van der Waals surface area (Å²) in [6.45, 7) is 0.660. The molecule has 1 saturated heterocycles. The van der Waals surface area contributed by atoms with Gasteiger partial charge < -0.3 is 9.64 Å². The molecule has 1 aliphatic rings. The number of rotatable bonds is 3. The topological polar surface area (TPSA) is 46.6 Å². The molecule has 0 aromatic heterocycles. The van der Waals surface area contributed by atoms with Gasteiger partial charge in [0.15, 0.2) is 0 Å². The van der Waals surface area contributed by atoms with Crippen molar-refractivity contribution < 1.29 is 14.3 Å². The van der Waals surface area contributed by atoms with E-state index in [-0.39, 0.29) is 5.91 Å². The molecule has 1 unspecified atom stereocenters. The lowest BCUT2D eigenvalue weighted by Gasteiger charge is -2.19. The second-order valence-electron chi connectivity index (χ2n) is 4.39. The van der Waals surface area contributed by atoms with E-state index >= 15 is 0 Å². The Morgan fingerprint density at radius 2 is 2.26 bits per heavy atom. The second-order valence-corrected chi connectivity index (χ2v) is 5.89. The first-order chi connectivity index (χ1) is 9.06. The number of esters is 1. The molecule has 0 saturated carbocycles. The number of nitrogens with zero attached hydrogens (tertiary/aromatic N) is 1. The van der Waals surface area contributed by atoms with Crippen LogP contribution in [0.3, 0.4) is 0 Å². The molecule has 0 spiro atoms. The summed E-state index contributed by atoms with van der Waals surface area (Å²) in [6, 6.07) is 5.11. The summed E-state index contributed by atoms with van der Waals surface area (Å²) in [5, 5.41) is 0.795. The van der Waals surface area contributed by atoms with E-state index in [0.717, 1.165) is 15.5 Å². The molecule has 1 aromatic rings. The molecule has 19 heavy (non-hydrogen) atoms. The normalized spacial score (nSPS) is 18.8. The Balaban J connectivity index is 2.34. The molecule has 6 heteroatoms. The van der Waals surface area contributed by atoms with Crippen molar-refractivity contribution in [1.29, 1.82) is 0 Å². The lowest BCUT2D eigenvalue weighted by atomic mass is 10.1. The van der Waals surface area contributed by atoms with E-state index in [1.807, 2.05) is 0 Å². The highest BCUT2D eigenvalue weighted by atomic mass is 79.9. The molecule has 1 atom stereocenters. The molecule has 4 nitrogen and oxygen atoms in total. The van der Waals surface area contributed by atoms with Gasteiger partial charge in [-0.1, -0.05) is 15.9 Å². The van der Waals surface area contributed by atoms with Crippen molar-refractivity contribution in [3.05, 3.63) is 28.2 Å². The number of benzene rings is 1. The fraction of sp³-hybridized carbons (Fsp3) is 0.385. The van der Waals surface area contributed by atoms with Gasteiger partial charge in [-0.25, -0.2) is 4.79 Å². The highest BCUT2D eigenvalue weighted by molar-refractivity contribution is 9.10. The van der Waals surface area contributed by atoms with Gasteiger partial charge in [0.25, 0.3) is 0 Å². The predicted octanol–water partition coefficient (Wildman–Crippen LogP) is 2.98. The van der Waals surface area contributed by atoms with Gasteiger partial charge in [-0.2, -0.15) is 0 Å². The number of carbonyl (C=O) groups excluding carboxylic acids is 2. The van der Waals surface area contributed by atoms with E-state index in [4.69, 9.17) is 4.74 Å². The maximum Gasteiger partial charge on any atom is 0.337 e. The summed E-state index contributed by atoms with van der Waals surface area (Å²) < 4.78 is 5.49. The van der Waals surface area contributed by atoms with Crippen LogP contribution in [0.4, 0.5) is 5.69 Å². The number of anilines is 1. The summed E-state index contributed by atoms with van der Waals surface area (Å²) in [6.07, 6.45) is 0.528. The SMILES string of the molecule is COC(=O)c1ccc(Br)c(N2CC(CBr)CC2=O)c1. The largest absolute Gasteiger partial charge is 0.465 e. The van der Waals surface area contributed by atoms with E-state index in [1.165, 1.54) is 7.11 Å². The molecule has 0 N–H and O–H groups in total. The fourth-order valence-electron chi connectivity index (χ4n) is 2.08. The number of hydrogen-bond acceptors (Lipinski definition) is 3. The van der Waals surface area contributed by atoms with Crippen molar-refractivity contribution in [2.45, 2.75) is 6.42 Å². The smallest absolute Gasteiger partial charge is 0.337 e. The molecule has 0 radical (unpaired) electrons. The van der Waals surface area contributed by atoms with Crippen molar-refractivity contribution in [3.8, 4) is 0 Å². The summed E-state index contributed by atoms with van der Waals surface area (Å²) in [5.74, 6) is -0.0224. The van der Waals surface area contributed by atoms with Crippen molar-refractivity contribution in [2.75, 3.05) is 23.9 Å². The highest BCUT2D eigenvalue weighted by Gasteiger charge is 2.31. The molecular weight excluding hydrogens is 378 g/mol. The summed E-state index contributed by atoms with van der Waals surface area (Å²) in [5.41, 5.74) is 1.16. The zero-order valence-corrected chi connectivity index (χ0v) is 13.5. The molecule has 1 amide bonds. The molecular formula is C13H13Br2NO3. The van der Waals surface area contributed by atoms with Gasteiger partial charge >= 0.3 is 5.97 Å². The Morgan fingerprint density at radius 1 is 1.53 bits per heavy atom. The van der Waals surface area contributed by atoms with Gasteiger partial charge in [-0.05, 0) is 40.0 Å². The third-order valence-electron chi connectivity index (χ3n) is 3.08. The van der Waals surface area contributed by atoms with Crippen molar-refractivity contribution in [2.24, 2.45) is 5.92 Å². The second kappa shape index (κ2) is 6.05. The zero-order valence-electron chi connectivity index (χ0n) is 10.4. The first-order valence-electron chi connectivity index (χ1n) is 5.81. The van der Waals surface area contributed by atoms with Gasteiger partial charge in [0, 0.05) is 22.8 Å². The van der Waals surface area contributed by atoms with Crippen LogP contribution >= 0.6 is 31.9 Å². The number of amides is 1. The molecule has 0 aliphatic carbocycles. The van der Waals surface area contributed by atoms with Crippen LogP contribution in [0.1, 0.15) is 16.8 Å². The van der Waals surface area contributed by atoms with Crippen LogP contribution in [-0.4, -0.2) is 30.9 Å². The first kappa shape index (κ1) is 14.5. The predicted molar refractivity (Wildman–Crippen MR) is 79.7 cm³/mol. The Bertz CT molecular complexity index is 519. The van der Waals surface area contributed by atoms with Crippen LogP contribution < -0.4 is 4.90 Å². The molecule has 1 aromatic carbocycles. The standard InChI is InChI=1S/C13H13Br2NO3/c1-19-13(18)9-2-3-10(15)11(5-9)16-7-8(6-14)4-12(16)17/h2-3,5,8H,4,6-7H2,1H3. The maximum absolute atomic E-state index is 12.0. The quantitative estimate of drug-likeness (QED) is 0.588. The third-order valence-corrected chi connectivity index (χ3v) is 4.67. The summed E-state index contributed by atoms with van der Waals surface area (Å²) >= 11 is 6.83. The van der Waals surface area contributed by atoms with Crippen LogP contribution in [0, 0.1) is 5.92 Å². The Labute approximate surface area is 128 Å². The molecule has 1 fully saturated rings. The number of methoxy groups -OCH3 is 1. The summed E-state index contributed by atoms with van der Waals surface area (Å²) in [7, 11) is 1.34. The van der Waals surface area contributed by atoms with E-state index < -0.39 is 5.97 Å². The van der Waals surface area contributed by atoms with Crippen LogP contribution in [0.5, 0.6) is 0 Å². The van der Waals surface area contributed by atoms with E-state index in [0.29, 0.717) is 24.4 Å². The summed E-state index contributed by atoms with van der Waals surface area (Å²) in [4.78, 5) is 25.3. The Hall–Kier alpha value is -0.880. The molecule has 1 heterocycles. The third kappa shape index (κ3) is 3.00. The molecule has 0 bridgehead atoms. The van der Waals surface area contributed by atoms with Crippen LogP contribution in [0.25, 0.3) is 0 Å². The number of carbonyl (C=O) groups is 2. The van der Waals surface area contributed by atoms with E-state index in [9.17, 15) is 9.59 Å². The Kier molecular flexibility index (Phi) is 4.62. The fourth-order valence-corrected chi connectivity index (χ4v) is 2.98. The molecule has 1 aliphatic heterocycles. The maximum atomic E-state index is 12.0. The average Bonchev–Trinajstić information content (AvgIpc) is 2.79. The van der Waals surface area contributed by atoms with E-state index in [2.05, 4.69) is 31.9 Å². The average molecular weight is 391 g/mol. The van der Waals surface area contributed by atoms with Gasteiger partial charge in [0.05, 0.1) is 18.4 Å². The van der Waals surface area contributed by atoms with Crippen LogP contribution in [0.15, 0.2) is 22.7 Å². The van der Waals surface area contributed by atoms with E-state index in [1.54, 1.807) is 23.1 Å². The monoisotopic (exact) mass is 389 g/mol. The molecule has 2 rings (SSSR count). The lowest BCUT2D eigenvalue weighted by molar-refractivity contribution is -0.117. The Morgan fingerprint density at radius 3 is 2.84 bits per heavy atom. The minimum atomic E-state index is -0.405. The number of ether oxygens (including phenoxy) is 1. The number of halogens is 2. The van der Waals surface area contributed by atoms with Gasteiger partial charge in [-0.3, -0.25) is 4.79 Å². The van der Waals surface area contributed by atoms with Crippen LogP contribution in [-0.2, 0) is 9.53 Å². The van der Waals surface area contributed by atoms with Gasteiger partial charge in [-0.15, -0.1) is 0 Å². The van der Waals surface area contributed by atoms with Gasteiger partial charge in [0.1, 0.15) is 0 Å². The minimum Gasteiger partial charge on any atom is -0.465 e. The first-order valence-corrected chi connectivity index (χ1v) is 7.72. The number of hydrogen-bond donors (Lipinski definition) is 0. The van der Waals surface area contributed by atoms with Crippen molar-refractivity contribution in [3.63, 3.8) is 0 Å².